The van der Waals surface area contributed by atoms with Crippen molar-refractivity contribution in [1.29, 1.82) is 0 Å². The summed E-state index contributed by atoms with van der Waals surface area (Å²) in [6.07, 6.45) is 7.72. The molecule has 0 saturated heterocycles. The Labute approximate surface area is 168 Å². The molecule has 3 heteroatoms. The summed E-state index contributed by atoms with van der Waals surface area (Å²) in [7, 11) is 0. The summed E-state index contributed by atoms with van der Waals surface area (Å²) >= 11 is 0. The molecule has 0 radical (unpaired) electrons. The van der Waals surface area contributed by atoms with Crippen LogP contribution in [0.15, 0.2) is 89.3 Å². The molecule has 0 N–H and O–H groups in total. The van der Waals surface area contributed by atoms with E-state index in [1.807, 2.05) is 60.7 Å². The molecule has 0 aliphatic heterocycles. The average Bonchev–Trinajstić information content (AvgIpc) is 3.24. The zero-order valence-corrected chi connectivity index (χ0v) is 15.7. The molecule has 0 aliphatic carbocycles. The molecular formula is C26H18N2O. The molecule has 0 unspecified atom stereocenters. The summed E-state index contributed by atoms with van der Waals surface area (Å²) in [5.74, 6) is 0.964. The standard InChI is InChI=1S/C26H18N2O/c1-3-13-23-19(7-1)9-5-11-21(23)15-17-25-27-28-26(29-25)18-16-22-12-6-10-20-8-2-4-14-24(20)22/h1-18H/b17-15+,18-16+. The Bertz CT molecular complexity index is 1250. The summed E-state index contributed by atoms with van der Waals surface area (Å²) in [5, 5.41) is 13.1. The number of hydrogen-bond acceptors (Lipinski definition) is 3. The van der Waals surface area contributed by atoms with Crippen LogP contribution in [-0.4, -0.2) is 10.2 Å². The number of aromatic nitrogens is 2. The van der Waals surface area contributed by atoms with Crippen molar-refractivity contribution in [2.24, 2.45) is 0 Å². The van der Waals surface area contributed by atoms with Gasteiger partial charge in [-0.3, -0.25) is 0 Å². The van der Waals surface area contributed by atoms with Crippen molar-refractivity contribution in [3.63, 3.8) is 0 Å². The lowest BCUT2D eigenvalue weighted by Crippen LogP contribution is -1.78. The lowest BCUT2D eigenvalue weighted by atomic mass is 10.0. The lowest BCUT2D eigenvalue weighted by molar-refractivity contribution is 0.533. The molecule has 5 rings (SSSR count). The number of fused-ring (bicyclic) bond motifs is 2. The van der Waals surface area contributed by atoms with Crippen LogP contribution in [0.4, 0.5) is 0 Å². The quantitative estimate of drug-likeness (QED) is 0.351. The van der Waals surface area contributed by atoms with E-state index in [1.165, 1.54) is 21.5 Å². The molecule has 0 bridgehead atoms. The molecule has 3 nitrogen and oxygen atoms in total. The van der Waals surface area contributed by atoms with Gasteiger partial charge in [-0.2, -0.15) is 0 Å². The topological polar surface area (TPSA) is 38.9 Å². The third kappa shape index (κ3) is 3.58. The second-order valence-corrected chi connectivity index (χ2v) is 6.78. The summed E-state index contributed by atoms with van der Waals surface area (Å²) < 4.78 is 5.76. The van der Waals surface area contributed by atoms with Crippen molar-refractivity contribution in [2.45, 2.75) is 0 Å². The summed E-state index contributed by atoms with van der Waals surface area (Å²) in [5.41, 5.74) is 2.24. The molecule has 0 saturated carbocycles. The third-order valence-electron chi connectivity index (χ3n) is 4.91. The van der Waals surface area contributed by atoms with Crippen molar-refractivity contribution in [2.75, 3.05) is 0 Å². The maximum absolute atomic E-state index is 5.76. The van der Waals surface area contributed by atoms with Gasteiger partial charge in [0.15, 0.2) is 0 Å². The zero-order chi connectivity index (χ0) is 19.5. The highest BCUT2D eigenvalue weighted by molar-refractivity contribution is 5.93. The minimum Gasteiger partial charge on any atom is -0.417 e. The first-order valence-electron chi connectivity index (χ1n) is 9.52. The van der Waals surface area contributed by atoms with Crippen LogP contribution in [0.1, 0.15) is 22.9 Å². The number of nitrogens with zero attached hydrogens (tertiary/aromatic N) is 2. The van der Waals surface area contributed by atoms with Crippen molar-refractivity contribution in [3.8, 4) is 0 Å². The van der Waals surface area contributed by atoms with Gasteiger partial charge in [0.2, 0.25) is 11.8 Å². The number of benzene rings is 4. The van der Waals surface area contributed by atoms with Gasteiger partial charge < -0.3 is 4.42 Å². The monoisotopic (exact) mass is 374 g/mol. The Balaban J connectivity index is 1.39. The largest absolute Gasteiger partial charge is 0.417 e. The van der Waals surface area contributed by atoms with Crippen LogP contribution in [0.5, 0.6) is 0 Å². The maximum atomic E-state index is 5.76. The Morgan fingerprint density at radius 1 is 0.483 bits per heavy atom. The smallest absolute Gasteiger partial charge is 0.240 e. The molecule has 0 atom stereocenters. The van der Waals surface area contributed by atoms with Gasteiger partial charge >= 0.3 is 0 Å². The van der Waals surface area contributed by atoms with Gasteiger partial charge in [0.25, 0.3) is 0 Å². The molecule has 1 heterocycles. The van der Waals surface area contributed by atoms with Gasteiger partial charge in [0, 0.05) is 12.2 Å². The molecule has 0 fully saturated rings. The van der Waals surface area contributed by atoms with Crippen molar-refractivity contribution < 1.29 is 4.42 Å². The molecule has 138 valence electrons. The van der Waals surface area contributed by atoms with Crippen LogP contribution in [0.25, 0.3) is 45.8 Å². The molecular weight excluding hydrogens is 356 g/mol. The fraction of sp³-hybridized carbons (Fsp3) is 0. The van der Waals surface area contributed by atoms with Gasteiger partial charge in [0.1, 0.15) is 0 Å². The molecule has 1 aromatic heterocycles. The molecule has 0 spiro atoms. The van der Waals surface area contributed by atoms with E-state index in [2.05, 4.69) is 58.7 Å². The number of rotatable bonds is 4. The van der Waals surface area contributed by atoms with Crippen LogP contribution >= 0.6 is 0 Å². The van der Waals surface area contributed by atoms with Gasteiger partial charge in [-0.1, -0.05) is 84.9 Å². The number of hydrogen-bond donors (Lipinski definition) is 0. The zero-order valence-electron chi connectivity index (χ0n) is 15.7. The fourth-order valence-electron chi connectivity index (χ4n) is 3.49. The van der Waals surface area contributed by atoms with Crippen molar-refractivity contribution >= 4 is 45.8 Å². The normalized spacial score (nSPS) is 11.9. The molecule has 0 aliphatic rings. The van der Waals surface area contributed by atoms with Crippen LogP contribution < -0.4 is 0 Å². The SMILES string of the molecule is C(=C\c1cccc2ccccc12)/c1nnc(/C=C/c2cccc3ccccc23)o1. The first kappa shape index (κ1) is 17.1. The minimum absolute atomic E-state index is 0.482. The van der Waals surface area contributed by atoms with E-state index in [1.54, 1.807) is 0 Å². The van der Waals surface area contributed by atoms with Gasteiger partial charge in [-0.15, -0.1) is 10.2 Å². The second kappa shape index (κ2) is 7.56. The van der Waals surface area contributed by atoms with E-state index >= 15 is 0 Å². The molecule has 5 aromatic rings. The predicted molar refractivity (Wildman–Crippen MR) is 120 cm³/mol. The summed E-state index contributed by atoms with van der Waals surface area (Å²) in [6.45, 7) is 0. The highest BCUT2D eigenvalue weighted by Gasteiger charge is 2.02. The predicted octanol–water partition coefficient (Wildman–Crippen LogP) is 6.72. The second-order valence-electron chi connectivity index (χ2n) is 6.78. The first-order valence-corrected chi connectivity index (χ1v) is 9.52. The summed E-state index contributed by atoms with van der Waals surface area (Å²) in [6, 6.07) is 29.1. The van der Waals surface area contributed by atoms with E-state index in [9.17, 15) is 0 Å². The molecule has 29 heavy (non-hydrogen) atoms. The fourth-order valence-corrected chi connectivity index (χ4v) is 3.49. The van der Waals surface area contributed by atoms with E-state index < -0.39 is 0 Å². The van der Waals surface area contributed by atoms with E-state index in [-0.39, 0.29) is 0 Å². The Hall–Kier alpha value is -3.98. The van der Waals surface area contributed by atoms with E-state index in [0.29, 0.717) is 11.8 Å². The highest BCUT2D eigenvalue weighted by atomic mass is 16.4. The Morgan fingerprint density at radius 3 is 1.45 bits per heavy atom. The average molecular weight is 374 g/mol. The van der Waals surface area contributed by atoms with Crippen LogP contribution in [0, 0.1) is 0 Å². The minimum atomic E-state index is 0.482. The van der Waals surface area contributed by atoms with E-state index in [4.69, 9.17) is 4.42 Å². The Morgan fingerprint density at radius 2 is 0.931 bits per heavy atom. The maximum Gasteiger partial charge on any atom is 0.240 e. The lowest BCUT2D eigenvalue weighted by Gasteiger charge is -2.01. The van der Waals surface area contributed by atoms with Crippen LogP contribution in [-0.2, 0) is 0 Å². The molecule has 0 amide bonds. The first-order chi connectivity index (χ1) is 14.4. The van der Waals surface area contributed by atoms with Crippen LogP contribution in [0.3, 0.4) is 0 Å². The summed E-state index contributed by atoms with van der Waals surface area (Å²) in [4.78, 5) is 0. The molecule has 4 aromatic carbocycles. The van der Waals surface area contributed by atoms with E-state index in [0.717, 1.165) is 11.1 Å². The van der Waals surface area contributed by atoms with Gasteiger partial charge in [-0.25, -0.2) is 0 Å². The van der Waals surface area contributed by atoms with Crippen LogP contribution in [0.2, 0.25) is 0 Å². The Kier molecular flexibility index (Phi) is 4.47. The highest BCUT2D eigenvalue weighted by Crippen LogP contribution is 2.22. The third-order valence-corrected chi connectivity index (χ3v) is 4.91. The van der Waals surface area contributed by atoms with Gasteiger partial charge in [-0.05, 0) is 44.8 Å². The van der Waals surface area contributed by atoms with Crippen molar-refractivity contribution in [1.82, 2.24) is 10.2 Å². The van der Waals surface area contributed by atoms with Gasteiger partial charge in [0.05, 0.1) is 0 Å². The van der Waals surface area contributed by atoms with Crippen molar-refractivity contribution in [3.05, 3.63) is 108 Å².